The van der Waals surface area contributed by atoms with Gasteiger partial charge in [0.1, 0.15) is 0 Å². The van der Waals surface area contributed by atoms with Crippen LogP contribution in [0.25, 0.3) is 0 Å². The van der Waals surface area contributed by atoms with E-state index in [1.54, 1.807) is 0 Å². The maximum atomic E-state index is 4.68. The predicted molar refractivity (Wildman–Crippen MR) is 83.0 cm³/mol. The Bertz CT molecular complexity index is 514. The highest BCUT2D eigenvalue weighted by atomic mass is 14.7. The Kier molecular flexibility index (Phi) is 4.91. The van der Waals surface area contributed by atoms with Crippen LogP contribution in [0, 0.1) is 0 Å². The summed E-state index contributed by atoms with van der Waals surface area (Å²) in [6.07, 6.45) is 1.09. The van der Waals surface area contributed by atoms with E-state index in [0.29, 0.717) is 5.92 Å². The summed E-state index contributed by atoms with van der Waals surface area (Å²) in [7, 11) is 0. The fourth-order valence-electron chi connectivity index (χ4n) is 2.14. The quantitative estimate of drug-likeness (QED) is 0.684. The van der Waals surface area contributed by atoms with Crippen LogP contribution in [0.1, 0.15) is 37.3 Å². The Labute approximate surface area is 116 Å². The average molecular weight is 251 g/mol. The molecule has 0 spiro atoms. The van der Waals surface area contributed by atoms with Crippen LogP contribution in [0.3, 0.4) is 0 Å². The molecule has 0 aliphatic heterocycles. The molecule has 0 aliphatic carbocycles. The molecule has 0 fully saturated rings. The Hall–Kier alpha value is -1.89. The van der Waals surface area contributed by atoms with Gasteiger partial charge in [-0.05, 0) is 30.4 Å². The summed E-state index contributed by atoms with van der Waals surface area (Å²) < 4.78 is 0. The second-order valence-corrected chi connectivity index (χ2v) is 4.93. The number of rotatable bonds is 5. The van der Waals surface area contributed by atoms with Crippen LogP contribution in [0.2, 0.25) is 0 Å². The third-order valence-corrected chi connectivity index (χ3v) is 3.47. The largest absolute Gasteiger partial charge is 0.289 e. The van der Waals surface area contributed by atoms with E-state index >= 15 is 0 Å². The molecule has 2 aromatic carbocycles. The maximum absolute atomic E-state index is 4.68. The number of nitrogens with zero attached hydrogens (tertiary/aromatic N) is 1. The first-order valence-corrected chi connectivity index (χ1v) is 6.89. The minimum absolute atomic E-state index is 0.563. The van der Waals surface area contributed by atoms with Crippen molar-refractivity contribution in [2.75, 3.05) is 6.54 Å². The van der Waals surface area contributed by atoms with Crippen molar-refractivity contribution >= 4 is 5.71 Å². The van der Waals surface area contributed by atoms with Crippen LogP contribution >= 0.6 is 0 Å². The highest BCUT2D eigenvalue weighted by Gasteiger charge is 2.04. The fourth-order valence-corrected chi connectivity index (χ4v) is 2.14. The summed E-state index contributed by atoms with van der Waals surface area (Å²) in [5.74, 6) is 0.563. The molecule has 2 aromatic rings. The van der Waals surface area contributed by atoms with Crippen molar-refractivity contribution < 1.29 is 0 Å². The molecule has 19 heavy (non-hydrogen) atoms. The summed E-state index contributed by atoms with van der Waals surface area (Å²) in [5, 5.41) is 0. The van der Waals surface area contributed by atoms with E-state index in [2.05, 4.69) is 73.4 Å². The molecule has 0 aliphatic rings. The van der Waals surface area contributed by atoms with E-state index in [1.807, 2.05) is 6.07 Å². The smallest absolute Gasteiger partial charge is 0.0398 e. The first kappa shape index (κ1) is 13.5. The Balaban J connectivity index is 1.90. The molecule has 0 N–H and O–H groups in total. The Morgan fingerprint density at radius 1 is 0.947 bits per heavy atom. The molecule has 0 amide bonds. The third-order valence-electron chi connectivity index (χ3n) is 3.47. The highest BCUT2D eigenvalue weighted by molar-refractivity contribution is 5.98. The molecule has 1 heteroatoms. The zero-order valence-electron chi connectivity index (χ0n) is 11.7. The molecule has 1 unspecified atom stereocenters. The van der Waals surface area contributed by atoms with Gasteiger partial charge in [0.15, 0.2) is 0 Å². The molecule has 0 aromatic heterocycles. The van der Waals surface area contributed by atoms with Crippen molar-refractivity contribution in [3.8, 4) is 0 Å². The summed E-state index contributed by atoms with van der Waals surface area (Å²) >= 11 is 0. The third kappa shape index (κ3) is 4.06. The lowest BCUT2D eigenvalue weighted by molar-refractivity contribution is 0.691. The molecule has 1 atom stereocenters. The molecular weight excluding hydrogens is 230 g/mol. The van der Waals surface area contributed by atoms with E-state index in [9.17, 15) is 0 Å². The van der Waals surface area contributed by atoms with E-state index in [-0.39, 0.29) is 0 Å². The van der Waals surface area contributed by atoms with Crippen molar-refractivity contribution in [3.63, 3.8) is 0 Å². The van der Waals surface area contributed by atoms with Crippen LogP contribution in [0.4, 0.5) is 0 Å². The van der Waals surface area contributed by atoms with Crippen LogP contribution in [0.15, 0.2) is 65.7 Å². The van der Waals surface area contributed by atoms with E-state index in [0.717, 1.165) is 18.7 Å². The second kappa shape index (κ2) is 6.89. The molecular formula is C18H21N. The number of benzene rings is 2. The fraction of sp³-hybridized carbons (Fsp3) is 0.278. The van der Waals surface area contributed by atoms with Gasteiger partial charge in [-0.1, -0.05) is 67.6 Å². The van der Waals surface area contributed by atoms with Gasteiger partial charge in [-0.15, -0.1) is 0 Å². The number of hydrogen-bond acceptors (Lipinski definition) is 1. The van der Waals surface area contributed by atoms with Gasteiger partial charge in [0.25, 0.3) is 0 Å². The molecule has 0 heterocycles. The molecule has 98 valence electrons. The molecule has 0 bridgehead atoms. The Morgan fingerprint density at radius 3 is 2.16 bits per heavy atom. The minimum atomic E-state index is 0.563. The number of hydrogen-bond donors (Lipinski definition) is 0. The van der Waals surface area contributed by atoms with Crippen LogP contribution in [-0.2, 0) is 0 Å². The first-order valence-electron chi connectivity index (χ1n) is 6.89. The average Bonchev–Trinajstić information content (AvgIpc) is 2.49. The van der Waals surface area contributed by atoms with Crippen LogP contribution in [-0.4, -0.2) is 12.3 Å². The normalized spacial score (nSPS) is 13.3. The van der Waals surface area contributed by atoms with Gasteiger partial charge < -0.3 is 0 Å². The van der Waals surface area contributed by atoms with Crippen LogP contribution in [0.5, 0.6) is 0 Å². The van der Waals surface area contributed by atoms with Gasteiger partial charge in [-0.3, -0.25) is 4.99 Å². The summed E-state index contributed by atoms with van der Waals surface area (Å²) in [5.41, 5.74) is 3.74. The second-order valence-electron chi connectivity index (χ2n) is 4.93. The Morgan fingerprint density at radius 2 is 1.53 bits per heavy atom. The predicted octanol–water partition coefficient (Wildman–Crippen LogP) is 4.69. The zero-order valence-corrected chi connectivity index (χ0v) is 11.7. The maximum Gasteiger partial charge on any atom is 0.0398 e. The van der Waals surface area contributed by atoms with Gasteiger partial charge in [0.2, 0.25) is 0 Å². The molecule has 2 rings (SSSR count). The van der Waals surface area contributed by atoms with Crippen molar-refractivity contribution in [1.29, 1.82) is 0 Å². The summed E-state index contributed by atoms with van der Waals surface area (Å²) in [4.78, 5) is 4.68. The lowest BCUT2D eigenvalue weighted by Crippen LogP contribution is -1.99. The van der Waals surface area contributed by atoms with Gasteiger partial charge in [-0.2, -0.15) is 0 Å². The van der Waals surface area contributed by atoms with Crippen molar-refractivity contribution in [1.82, 2.24) is 0 Å². The minimum Gasteiger partial charge on any atom is -0.289 e. The van der Waals surface area contributed by atoms with Gasteiger partial charge in [0.05, 0.1) is 0 Å². The standard InChI is InChI=1S/C18H21N/c1-15(17-9-5-3-6-10-17)13-14-19-16(2)18-11-7-4-8-12-18/h3-12,15H,13-14H2,1-2H3. The van der Waals surface area contributed by atoms with E-state index in [4.69, 9.17) is 0 Å². The van der Waals surface area contributed by atoms with E-state index in [1.165, 1.54) is 11.1 Å². The topological polar surface area (TPSA) is 12.4 Å². The SMILES string of the molecule is CC(=NCCC(C)c1ccccc1)c1ccccc1. The summed E-state index contributed by atoms with van der Waals surface area (Å²) in [6.45, 7) is 5.24. The lowest BCUT2D eigenvalue weighted by atomic mass is 9.98. The molecule has 0 saturated heterocycles. The highest BCUT2D eigenvalue weighted by Crippen LogP contribution is 2.18. The molecule has 1 nitrogen and oxygen atoms in total. The first-order chi connectivity index (χ1) is 9.27. The van der Waals surface area contributed by atoms with Gasteiger partial charge in [0, 0.05) is 12.3 Å². The van der Waals surface area contributed by atoms with Crippen molar-refractivity contribution in [3.05, 3.63) is 71.8 Å². The number of aliphatic imine (C=N–C) groups is 1. The lowest BCUT2D eigenvalue weighted by Gasteiger charge is -2.10. The van der Waals surface area contributed by atoms with Gasteiger partial charge >= 0.3 is 0 Å². The zero-order chi connectivity index (χ0) is 13.5. The van der Waals surface area contributed by atoms with Crippen LogP contribution < -0.4 is 0 Å². The monoisotopic (exact) mass is 251 g/mol. The van der Waals surface area contributed by atoms with E-state index < -0.39 is 0 Å². The molecule has 0 saturated carbocycles. The molecule has 0 radical (unpaired) electrons. The van der Waals surface area contributed by atoms with Crippen molar-refractivity contribution in [2.24, 2.45) is 4.99 Å². The van der Waals surface area contributed by atoms with Crippen molar-refractivity contribution in [2.45, 2.75) is 26.2 Å². The van der Waals surface area contributed by atoms with Gasteiger partial charge in [-0.25, -0.2) is 0 Å². The summed E-state index contributed by atoms with van der Waals surface area (Å²) in [6, 6.07) is 21.0.